The molecule has 188 valence electrons. The van der Waals surface area contributed by atoms with Gasteiger partial charge in [0.1, 0.15) is 6.10 Å². The Morgan fingerprint density at radius 1 is 1.06 bits per heavy atom. The van der Waals surface area contributed by atoms with Gasteiger partial charge < -0.3 is 9.30 Å². The number of nitrogens with zero attached hydrogens (tertiary/aromatic N) is 3. The van der Waals surface area contributed by atoms with E-state index in [0.717, 1.165) is 55.2 Å². The first-order valence-corrected chi connectivity index (χ1v) is 12.9. The van der Waals surface area contributed by atoms with E-state index in [1.165, 1.54) is 19.3 Å². The largest absolute Gasteiger partial charge is 0.462 e. The van der Waals surface area contributed by atoms with Gasteiger partial charge in [0.25, 0.3) is 5.56 Å². The number of carbonyl (C=O) groups excluding carboxylic acids is 1. The van der Waals surface area contributed by atoms with Crippen molar-refractivity contribution in [3.8, 4) is 11.5 Å². The topological polar surface area (TPSA) is 107 Å². The van der Waals surface area contributed by atoms with Crippen molar-refractivity contribution >= 4 is 17.0 Å². The van der Waals surface area contributed by atoms with Crippen LogP contribution < -0.4 is 11.2 Å². The second-order valence-electron chi connectivity index (χ2n) is 9.99. The average Bonchev–Trinajstić information content (AvgIpc) is 2.83. The zero-order valence-electron chi connectivity index (χ0n) is 21.1. The van der Waals surface area contributed by atoms with E-state index in [4.69, 9.17) is 4.74 Å². The van der Waals surface area contributed by atoms with Gasteiger partial charge in [-0.3, -0.25) is 14.6 Å². The Bertz CT molecular complexity index is 1270. The average molecular weight is 481 g/mol. The van der Waals surface area contributed by atoms with Gasteiger partial charge >= 0.3 is 11.7 Å². The van der Waals surface area contributed by atoms with E-state index in [9.17, 15) is 14.4 Å². The minimum Gasteiger partial charge on any atom is -0.462 e. The molecule has 1 atom stereocenters. The predicted octanol–water partition coefficient (Wildman–Crippen LogP) is 4.66. The van der Waals surface area contributed by atoms with Gasteiger partial charge in [-0.05, 0) is 75.6 Å². The number of hydrogen-bond donors (Lipinski definition) is 1. The molecule has 8 heteroatoms. The summed E-state index contributed by atoms with van der Waals surface area (Å²) in [4.78, 5) is 47.4. The molecule has 0 aromatic heterocycles. The maximum atomic E-state index is 12.4. The van der Waals surface area contributed by atoms with Crippen LogP contribution in [0, 0.1) is 19.8 Å². The Hall–Kier alpha value is -3.03. The summed E-state index contributed by atoms with van der Waals surface area (Å²) in [7, 11) is 0. The van der Waals surface area contributed by atoms with Crippen molar-refractivity contribution < 1.29 is 9.53 Å². The normalized spacial score (nSPS) is 15.5. The van der Waals surface area contributed by atoms with Crippen molar-refractivity contribution in [2.24, 2.45) is 5.92 Å². The van der Waals surface area contributed by atoms with Crippen LogP contribution in [0.2, 0.25) is 0 Å². The van der Waals surface area contributed by atoms with Crippen molar-refractivity contribution in [2.75, 3.05) is 0 Å². The van der Waals surface area contributed by atoms with Crippen LogP contribution in [-0.2, 0) is 16.1 Å². The Morgan fingerprint density at radius 2 is 1.77 bits per heavy atom. The van der Waals surface area contributed by atoms with Crippen LogP contribution in [0.15, 0.2) is 21.7 Å². The monoisotopic (exact) mass is 480 g/mol. The minimum absolute atomic E-state index is 0.0149. The van der Waals surface area contributed by atoms with Crippen LogP contribution in [0.3, 0.4) is 0 Å². The van der Waals surface area contributed by atoms with Crippen LogP contribution in [0.4, 0.5) is 0 Å². The van der Waals surface area contributed by atoms with E-state index < -0.39 is 11.2 Å². The molecule has 1 unspecified atom stereocenters. The zero-order valence-corrected chi connectivity index (χ0v) is 21.1. The number of rotatable bonds is 9. The lowest BCUT2D eigenvalue weighted by molar-refractivity contribution is -0.151. The molecule has 0 saturated heterocycles. The van der Waals surface area contributed by atoms with Crippen molar-refractivity contribution in [1.82, 2.24) is 19.5 Å². The highest BCUT2D eigenvalue weighted by molar-refractivity contribution is 5.81. The number of aromatic amines is 1. The molecular formula is C27H36N4O4. The van der Waals surface area contributed by atoms with Crippen LogP contribution in [-0.4, -0.2) is 31.6 Å². The molecule has 8 nitrogen and oxygen atoms in total. The highest BCUT2D eigenvalue weighted by Crippen LogP contribution is 2.28. The maximum absolute atomic E-state index is 12.4. The third-order valence-corrected chi connectivity index (χ3v) is 7.37. The van der Waals surface area contributed by atoms with Gasteiger partial charge in [-0.15, -0.1) is 0 Å². The van der Waals surface area contributed by atoms with Crippen molar-refractivity contribution in [2.45, 2.75) is 97.6 Å². The summed E-state index contributed by atoms with van der Waals surface area (Å²) >= 11 is 0. The van der Waals surface area contributed by atoms with Crippen molar-refractivity contribution in [3.05, 3.63) is 44.1 Å². The van der Waals surface area contributed by atoms with Gasteiger partial charge in [-0.2, -0.15) is 4.98 Å². The lowest BCUT2D eigenvalue weighted by Crippen LogP contribution is -2.29. The molecule has 1 N–H and O–H groups in total. The number of aryl methyl sites for hydroxylation is 3. The number of nitrogens with one attached hydrogen (secondary N) is 1. The molecule has 2 heterocycles. The molecule has 0 amide bonds. The summed E-state index contributed by atoms with van der Waals surface area (Å²) in [5.41, 5.74) is 2.76. The number of aromatic nitrogens is 4. The van der Waals surface area contributed by atoms with Gasteiger partial charge in [0, 0.05) is 13.0 Å². The molecule has 1 fully saturated rings. The van der Waals surface area contributed by atoms with Gasteiger partial charge in [0.05, 0.1) is 11.0 Å². The first-order valence-electron chi connectivity index (χ1n) is 12.9. The summed E-state index contributed by atoms with van der Waals surface area (Å²) in [5, 5.41) is 0. The number of carbonyl (C=O) groups is 1. The van der Waals surface area contributed by atoms with Gasteiger partial charge in [0.2, 0.25) is 0 Å². The lowest BCUT2D eigenvalue weighted by atomic mass is 9.86. The maximum Gasteiger partial charge on any atom is 0.349 e. The van der Waals surface area contributed by atoms with E-state index >= 15 is 0 Å². The zero-order chi connectivity index (χ0) is 24.9. The molecule has 0 radical (unpaired) electrons. The minimum atomic E-state index is -0.665. The molecular weight excluding hydrogens is 444 g/mol. The Morgan fingerprint density at radius 3 is 2.54 bits per heavy atom. The van der Waals surface area contributed by atoms with E-state index in [2.05, 4.69) is 15.0 Å². The Labute approximate surface area is 205 Å². The fourth-order valence-corrected chi connectivity index (χ4v) is 5.14. The highest BCUT2D eigenvalue weighted by atomic mass is 16.5. The van der Waals surface area contributed by atoms with Gasteiger partial charge in [0.15, 0.2) is 11.5 Å². The fraction of sp³-hybridized carbons (Fsp3) is 0.593. The molecule has 1 aromatic carbocycles. The SMILES string of the molecule is Cc1cc2nc3c(=O)[nH]c(=O)nc-3n(CCCCCCC(=O)OC(C)C3CCCCC3)c2cc1C. The number of ether oxygens (including phenoxy) is 1. The number of hydrogen-bond acceptors (Lipinski definition) is 6. The smallest absolute Gasteiger partial charge is 0.349 e. The molecule has 1 saturated carbocycles. The summed E-state index contributed by atoms with van der Waals surface area (Å²) in [6, 6.07) is 4.00. The molecule has 35 heavy (non-hydrogen) atoms. The molecule has 1 aromatic rings. The van der Waals surface area contributed by atoms with E-state index in [1.54, 1.807) is 0 Å². The highest BCUT2D eigenvalue weighted by Gasteiger charge is 2.23. The van der Waals surface area contributed by atoms with Crippen molar-refractivity contribution in [3.63, 3.8) is 0 Å². The van der Waals surface area contributed by atoms with Crippen molar-refractivity contribution in [1.29, 1.82) is 0 Å². The molecule has 3 aliphatic rings. The molecule has 0 bridgehead atoms. The van der Waals surface area contributed by atoms with Crippen LogP contribution in [0.1, 0.15) is 82.3 Å². The third kappa shape index (κ3) is 5.97. The summed E-state index contributed by atoms with van der Waals surface area (Å²) in [6.45, 7) is 6.68. The third-order valence-electron chi connectivity index (χ3n) is 7.37. The van der Waals surface area contributed by atoms with E-state index in [0.29, 0.717) is 30.2 Å². The quantitative estimate of drug-likeness (QED) is 0.271. The predicted molar refractivity (Wildman–Crippen MR) is 136 cm³/mol. The summed E-state index contributed by atoms with van der Waals surface area (Å²) < 4.78 is 7.62. The molecule has 4 rings (SSSR count). The Kier molecular flexibility index (Phi) is 7.98. The second-order valence-corrected chi connectivity index (χ2v) is 9.99. The Balaban J connectivity index is 1.35. The number of fused-ring (bicyclic) bond motifs is 2. The second kappa shape index (κ2) is 11.1. The molecule has 2 aliphatic heterocycles. The number of benzene rings is 1. The summed E-state index contributed by atoms with van der Waals surface area (Å²) in [5.74, 6) is 0.730. The number of esters is 1. The lowest BCUT2D eigenvalue weighted by Gasteiger charge is -2.27. The number of H-pyrrole nitrogens is 1. The van der Waals surface area contributed by atoms with Crippen LogP contribution >= 0.6 is 0 Å². The number of unbranched alkanes of at least 4 members (excludes halogenated alkanes) is 3. The van der Waals surface area contributed by atoms with Crippen LogP contribution in [0.25, 0.3) is 22.6 Å². The first-order chi connectivity index (χ1) is 16.8. The van der Waals surface area contributed by atoms with Crippen LogP contribution in [0.5, 0.6) is 0 Å². The first kappa shape index (κ1) is 25.1. The standard InChI is InChI=1S/C27H36N4O4/c1-17-15-21-22(16-18(17)2)31(25-24(28-21)26(33)30-27(34)29-25)14-10-5-4-9-13-23(32)35-19(3)20-11-7-6-8-12-20/h15-16,19-20H,4-14H2,1-3H3,(H,30,33,34). The van der Waals surface area contributed by atoms with Gasteiger partial charge in [-0.25, -0.2) is 9.78 Å². The fourth-order valence-electron chi connectivity index (χ4n) is 5.14. The molecule has 0 spiro atoms. The van der Waals surface area contributed by atoms with Gasteiger partial charge in [-0.1, -0.05) is 32.1 Å². The van der Waals surface area contributed by atoms with E-state index in [-0.39, 0.29) is 17.8 Å². The summed E-state index contributed by atoms with van der Waals surface area (Å²) in [6.07, 6.45) is 10.0. The molecule has 1 aliphatic carbocycles. The van der Waals surface area contributed by atoms with E-state index in [1.807, 2.05) is 37.5 Å².